The van der Waals surface area contributed by atoms with Crippen LogP contribution in [0.4, 0.5) is 0 Å². The molecule has 0 radical (unpaired) electrons. The number of rotatable bonds is 3. The maximum Gasteiger partial charge on any atom is 0.340 e. The molecule has 20 heavy (non-hydrogen) atoms. The summed E-state index contributed by atoms with van der Waals surface area (Å²) in [6, 6.07) is 12.1. The molecule has 0 N–H and O–H groups in total. The molecular formula is C13H7BrClNO3S. The Morgan fingerprint density at radius 2 is 1.80 bits per heavy atom. The van der Waals surface area contributed by atoms with Gasteiger partial charge >= 0.3 is 10.1 Å². The zero-order valence-corrected chi connectivity index (χ0v) is 13.0. The normalized spacial score (nSPS) is 10.8. The van der Waals surface area contributed by atoms with Gasteiger partial charge in [0.25, 0.3) is 0 Å². The number of benzene rings is 2. The van der Waals surface area contributed by atoms with Crippen LogP contribution < -0.4 is 4.18 Å². The third kappa shape index (κ3) is 3.31. The molecule has 0 atom stereocenters. The molecule has 2 aromatic carbocycles. The Kier molecular flexibility index (Phi) is 4.33. The van der Waals surface area contributed by atoms with Gasteiger partial charge in [-0.15, -0.1) is 0 Å². The van der Waals surface area contributed by atoms with E-state index in [-0.39, 0.29) is 15.7 Å². The van der Waals surface area contributed by atoms with Gasteiger partial charge in [-0.25, -0.2) is 0 Å². The highest BCUT2D eigenvalue weighted by atomic mass is 79.9. The Morgan fingerprint density at radius 3 is 2.35 bits per heavy atom. The van der Waals surface area contributed by atoms with Gasteiger partial charge in [-0.2, -0.15) is 13.7 Å². The third-order valence-electron chi connectivity index (χ3n) is 2.35. The summed E-state index contributed by atoms with van der Waals surface area (Å²) >= 11 is 9.09. The summed E-state index contributed by atoms with van der Waals surface area (Å²) < 4.78 is 29.8. The summed E-state index contributed by atoms with van der Waals surface area (Å²) in [6.45, 7) is 0. The first kappa shape index (κ1) is 14.9. The summed E-state index contributed by atoms with van der Waals surface area (Å²) in [5.41, 5.74) is 0.413. The molecule has 0 heterocycles. The molecule has 0 unspecified atom stereocenters. The second-order valence-electron chi connectivity index (χ2n) is 3.75. The van der Waals surface area contributed by atoms with Gasteiger partial charge in [0.2, 0.25) is 0 Å². The fraction of sp³-hybridized carbons (Fsp3) is 0. The van der Waals surface area contributed by atoms with Gasteiger partial charge in [-0.1, -0.05) is 27.5 Å². The largest absolute Gasteiger partial charge is 0.379 e. The minimum absolute atomic E-state index is 0.0630. The van der Waals surface area contributed by atoms with Crippen LogP contribution >= 0.6 is 27.5 Å². The fourth-order valence-electron chi connectivity index (χ4n) is 1.43. The zero-order chi connectivity index (χ0) is 14.8. The Morgan fingerprint density at radius 1 is 1.15 bits per heavy atom. The molecule has 0 spiro atoms. The molecule has 0 saturated heterocycles. The Labute approximate surface area is 129 Å². The number of halogens is 2. The predicted molar refractivity (Wildman–Crippen MR) is 78.1 cm³/mol. The van der Waals surface area contributed by atoms with Crippen molar-refractivity contribution >= 4 is 37.6 Å². The molecule has 102 valence electrons. The highest BCUT2D eigenvalue weighted by Gasteiger charge is 2.20. The van der Waals surface area contributed by atoms with Crippen molar-refractivity contribution in [2.75, 3.05) is 0 Å². The second-order valence-corrected chi connectivity index (χ2v) is 6.59. The van der Waals surface area contributed by atoms with E-state index in [0.29, 0.717) is 10.0 Å². The van der Waals surface area contributed by atoms with Gasteiger partial charge in [0, 0.05) is 4.47 Å². The molecule has 0 bridgehead atoms. The molecule has 0 saturated carbocycles. The van der Waals surface area contributed by atoms with Crippen LogP contribution in [-0.2, 0) is 10.1 Å². The first-order valence-electron chi connectivity index (χ1n) is 5.32. The monoisotopic (exact) mass is 371 g/mol. The van der Waals surface area contributed by atoms with E-state index in [1.54, 1.807) is 6.07 Å². The number of nitriles is 1. The standard InChI is InChI=1S/C13H7BrClNO3S/c14-10-3-6-13(12(15)7-10)20(17,18)19-11-4-1-9(8-16)2-5-11/h1-7H. The molecule has 4 nitrogen and oxygen atoms in total. The van der Waals surface area contributed by atoms with E-state index in [0.717, 1.165) is 0 Å². The average molecular weight is 373 g/mol. The first-order chi connectivity index (χ1) is 9.42. The van der Waals surface area contributed by atoms with Crippen molar-refractivity contribution in [2.45, 2.75) is 4.90 Å². The maximum absolute atomic E-state index is 12.1. The molecule has 7 heteroatoms. The maximum atomic E-state index is 12.1. The molecule has 2 rings (SSSR count). The van der Waals surface area contributed by atoms with Crippen LogP contribution in [0.15, 0.2) is 51.8 Å². The smallest absolute Gasteiger partial charge is 0.340 e. The van der Waals surface area contributed by atoms with E-state index in [1.807, 2.05) is 6.07 Å². The van der Waals surface area contributed by atoms with Crippen LogP contribution in [0.2, 0.25) is 5.02 Å². The van der Waals surface area contributed by atoms with Gasteiger partial charge in [-0.3, -0.25) is 0 Å². The molecule has 0 aliphatic rings. The Bertz CT molecular complexity index is 782. The van der Waals surface area contributed by atoms with Crippen molar-refractivity contribution in [3.63, 3.8) is 0 Å². The molecule has 0 aromatic heterocycles. The van der Waals surface area contributed by atoms with Crippen LogP contribution in [-0.4, -0.2) is 8.42 Å². The topological polar surface area (TPSA) is 67.2 Å². The molecule has 0 fully saturated rings. The van der Waals surface area contributed by atoms with Crippen molar-refractivity contribution in [1.29, 1.82) is 5.26 Å². The zero-order valence-electron chi connectivity index (χ0n) is 9.88. The first-order valence-corrected chi connectivity index (χ1v) is 7.90. The third-order valence-corrected chi connectivity index (χ3v) is 4.58. The molecular weight excluding hydrogens is 366 g/mol. The van der Waals surface area contributed by atoms with Gasteiger partial charge in [0.1, 0.15) is 10.6 Å². The van der Waals surface area contributed by atoms with Crippen LogP contribution in [0, 0.1) is 11.3 Å². The summed E-state index contributed by atoms with van der Waals surface area (Å²) in [5.74, 6) is 0.114. The lowest BCUT2D eigenvalue weighted by atomic mass is 10.2. The fourth-order valence-corrected chi connectivity index (χ4v) is 3.38. The average Bonchev–Trinajstić information content (AvgIpc) is 2.38. The molecule has 0 aliphatic carbocycles. The minimum atomic E-state index is -4.02. The lowest BCUT2D eigenvalue weighted by molar-refractivity contribution is 0.486. The van der Waals surface area contributed by atoms with Gasteiger partial charge < -0.3 is 4.18 Å². The number of nitrogens with zero attached hydrogens (tertiary/aromatic N) is 1. The minimum Gasteiger partial charge on any atom is -0.379 e. The highest BCUT2D eigenvalue weighted by Crippen LogP contribution is 2.27. The van der Waals surface area contributed by atoms with Gasteiger partial charge in [0.05, 0.1) is 16.7 Å². The van der Waals surface area contributed by atoms with Crippen molar-refractivity contribution < 1.29 is 12.6 Å². The predicted octanol–water partition coefficient (Wildman–Crippen LogP) is 3.74. The van der Waals surface area contributed by atoms with Crippen LogP contribution in [0.1, 0.15) is 5.56 Å². The van der Waals surface area contributed by atoms with Crippen LogP contribution in [0.25, 0.3) is 0 Å². The molecule has 0 aliphatic heterocycles. The lowest BCUT2D eigenvalue weighted by Crippen LogP contribution is -2.10. The SMILES string of the molecule is N#Cc1ccc(OS(=O)(=O)c2ccc(Br)cc2Cl)cc1. The quantitative estimate of drug-likeness (QED) is 0.770. The van der Waals surface area contributed by atoms with E-state index < -0.39 is 10.1 Å². The summed E-state index contributed by atoms with van der Waals surface area (Å²) in [5, 5.41) is 8.73. The lowest BCUT2D eigenvalue weighted by Gasteiger charge is -2.08. The van der Waals surface area contributed by atoms with Crippen LogP contribution in [0.5, 0.6) is 5.75 Å². The van der Waals surface area contributed by atoms with E-state index in [9.17, 15) is 8.42 Å². The molecule has 0 amide bonds. The number of hydrogen-bond donors (Lipinski definition) is 0. The van der Waals surface area contributed by atoms with Crippen molar-refractivity contribution in [3.8, 4) is 11.8 Å². The number of hydrogen-bond acceptors (Lipinski definition) is 4. The molecule has 2 aromatic rings. The van der Waals surface area contributed by atoms with Gasteiger partial charge in [0.15, 0.2) is 0 Å². The summed E-state index contributed by atoms with van der Waals surface area (Å²) in [6.07, 6.45) is 0. The van der Waals surface area contributed by atoms with E-state index in [2.05, 4.69) is 15.9 Å². The highest BCUT2D eigenvalue weighted by molar-refractivity contribution is 9.10. The Hall–Kier alpha value is -1.55. The van der Waals surface area contributed by atoms with E-state index in [4.69, 9.17) is 21.0 Å². The van der Waals surface area contributed by atoms with E-state index >= 15 is 0 Å². The van der Waals surface area contributed by atoms with E-state index in [1.165, 1.54) is 36.4 Å². The van der Waals surface area contributed by atoms with Crippen molar-refractivity contribution in [3.05, 3.63) is 57.5 Å². The van der Waals surface area contributed by atoms with Gasteiger partial charge in [-0.05, 0) is 42.5 Å². The Balaban J connectivity index is 2.33. The summed E-state index contributed by atoms with van der Waals surface area (Å²) in [4.78, 5) is -0.119. The summed E-state index contributed by atoms with van der Waals surface area (Å²) in [7, 11) is -4.02. The van der Waals surface area contributed by atoms with Crippen molar-refractivity contribution in [2.24, 2.45) is 0 Å². The second kappa shape index (κ2) is 5.83. The van der Waals surface area contributed by atoms with Crippen LogP contribution in [0.3, 0.4) is 0 Å². The van der Waals surface area contributed by atoms with Crippen molar-refractivity contribution in [1.82, 2.24) is 0 Å².